The van der Waals surface area contributed by atoms with Crippen LogP contribution in [0.25, 0.3) is 22.1 Å². The summed E-state index contributed by atoms with van der Waals surface area (Å²) in [5.74, 6) is 0.824. The number of imidazole rings is 2. The Hall–Kier alpha value is -5.13. The van der Waals surface area contributed by atoms with Gasteiger partial charge in [-0.15, -0.1) is 0 Å². The summed E-state index contributed by atoms with van der Waals surface area (Å²) >= 11 is 0. The molecule has 288 valence electrons. The Bertz CT molecular complexity index is 2280. The number of rotatable bonds is 8. The number of carbonyl (C=O) groups is 1. The predicted octanol–water partition coefficient (Wildman–Crippen LogP) is 8.78. The van der Waals surface area contributed by atoms with Gasteiger partial charge in [-0.05, 0) is 124 Å². The van der Waals surface area contributed by atoms with Crippen LogP contribution in [0, 0.1) is 11.6 Å². The number of hydrogen-bond acceptors (Lipinski definition) is 7. The van der Waals surface area contributed by atoms with E-state index in [-0.39, 0.29) is 35.6 Å². The number of aromatic nitrogens is 4. The van der Waals surface area contributed by atoms with Crippen LogP contribution < -0.4 is 20.4 Å². The lowest BCUT2D eigenvalue weighted by Crippen LogP contribution is -2.47. The van der Waals surface area contributed by atoms with Crippen molar-refractivity contribution in [1.82, 2.24) is 30.6 Å². The Morgan fingerprint density at radius 2 is 1.25 bits per heavy atom. The number of carbonyl (C=O) groups excluding carboxylic acids is 1. The molecule has 10 rings (SSSR count). The molecule has 0 saturated carbocycles. The third kappa shape index (κ3) is 6.07. The van der Waals surface area contributed by atoms with Gasteiger partial charge in [-0.25, -0.2) is 18.7 Å². The minimum atomic E-state index is -0.658. The molecule has 4 fully saturated rings. The molecular formula is C45H48F2N8O. The van der Waals surface area contributed by atoms with E-state index in [0.29, 0.717) is 31.6 Å². The number of halogens is 2. The largest absolute Gasteiger partial charge is 0.367 e. The van der Waals surface area contributed by atoms with Gasteiger partial charge in [0.15, 0.2) is 11.6 Å². The highest BCUT2D eigenvalue weighted by Gasteiger charge is 2.42. The number of Topliss-reactive ketones (excluding diaryl/α,β-unsaturated/α-hetero) is 1. The number of anilines is 2. The molecule has 0 amide bonds. The number of ketones is 1. The van der Waals surface area contributed by atoms with Crippen LogP contribution in [0.4, 0.5) is 20.2 Å². The number of hydrogen-bond donors (Lipinski definition) is 4. The summed E-state index contributed by atoms with van der Waals surface area (Å²) in [7, 11) is 0. The number of piperidine rings is 1. The summed E-state index contributed by atoms with van der Waals surface area (Å²) in [4.78, 5) is 34.0. The normalized spacial score (nSPS) is 23.8. The topological polar surface area (TPSA) is 105 Å². The first-order valence-corrected chi connectivity index (χ1v) is 20.4. The van der Waals surface area contributed by atoms with Crippen molar-refractivity contribution in [2.24, 2.45) is 0 Å². The van der Waals surface area contributed by atoms with Gasteiger partial charge in [-0.2, -0.15) is 0 Å². The molecule has 56 heavy (non-hydrogen) atoms. The van der Waals surface area contributed by atoms with Gasteiger partial charge in [-0.1, -0.05) is 42.5 Å². The lowest BCUT2D eigenvalue weighted by atomic mass is 9.70. The van der Waals surface area contributed by atoms with Crippen LogP contribution in [0.3, 0.4) is 0 Å². The summed E-state index contributed by atoms with van der Waals surface area (Å²) in [5.41, 5.74) is 6.72. The molecule has 2 aromatic heterocycles. The Kier molecular flexibility index (Phi) is 8.89. The van der Waals surface area contributed by atoms with Crippen LogP contribution in [0.5, 0.6) is 0 Å². The molecule has 6 aromatic rings. The van der Waals surface area contributed by atoms with Gasteiger partial charge in [0.1, 0.15) is 23.1 Å². The fourth-order valence-corrected chi connectivity index (χ4v) is 10.2. The third-order valence-electron chi connectivity index (χ3n) is 13.2. The van der Waals surface area contributed by atoms with E-state index in [1.165, 1.54) is 12.1 Å². The van der Waals surface area contributed by atoms with Crippen molar-refractivity contribution in [1.29, 1.82) is 0 Å². The predicted molar refractivity (Wildman–Crippen MR) is 216 cm³/mol. The number of nitrogens with one attached hydrogen (secondary N) is 4. The van der Waals surface area contributed by atoms with Crippen LogP contribution in [-0.2, 0) is 10.2 Å². The Morgan fingerprint density at radius 3 is 1.73 bits per heavy atom. The van der Waals surface area contributed by atoms with Crippen molar-refractivity contribution >= 4 is 39.2 Å². The third-order valence-corrected chi connectivity index (χ3v) is 13.2. The Labute approximate surface area is 325 Å². The quantitative estimate of drug-likeness (QED) is 0.123. The van der Waals surface area contributed by atoms with E-state index in [1.807, 2.05) is 30.3 Å². The van der Waals surface area contributed by atoms with Gasteiger partial charge >= 0.3 is 0 Å². The van der Waals surface area contributed by atoms with E-state index in [2.05, 4.69) is 61.9 Å². The number of aromatic amines is 2. The molecule has 11 heteroatoms. The molecule has 6 heterocycles. The average molecular weight is 755 g/mol. The molecule has 0 aliphatic carbocycles. The zero-order chi connectivity index (χ0) is 38.0. The van der Waals surface area contributed by atoms with Crippen molar-refractivity contribution in [3.05, 3.63) is 119 Å². The Morgan fingerprint density at radius 1 is 0.714 bits per heavy atom. The first-order chi connectivity index (χ1) is 27.3. The van der Waals surface area contributed by atoms with Crippen molar-refractivity contribution < 1.29 is 13.6 Å². The van der Waals surface area contributed by atoms with Gasteiger partial charge in [0.2, 0.25) is 0 Å². The summed E-state index contributed by atoms with van der Waals surface area (Å²) in [6, 6.07) is 25.8. The zero-order valence-corrected chi connectivity index (χ0v) is 31.8. The van der Waals surface area contributed by atoms with Gasteiger partial charge in [-0.3, -0.25) is 4.79 Å². The molecule has 4 aliphatic heterocycles. The lowest BCUT2D eigenvalue weighted by Gasteiger charge is -2.42. The van der Waals surface area contributed by atoms with Crippen molar-refractivity contribution in [3.63, 3.8) is 0 Å². The molecule has 0 radical (unpaired) electrons. The summed E-state index contributed by atoms with van der Waals surface area (Å²) in [6.07, 6.45) is 6.97. The smallest absolute Gasteiger partial charge is 0.151 e. The standard InChI is InChI=1S/C45H48F2N8O/c1-27(56)45(30-7-3-2-4-8-30)17-21-54(22-18-45)42-32(46)25-31(26-33(42)47)55-40(28-11-13-34-38(23-28)52-43(50-34)36-9-5-19-48-36)15-16-41(55)29-12-14-35-39(24-29)53-44(51-35)37-10-6-20-49-37/h2-4,7-8,11-14,23-26,36-37,40-41,48-49H,5-6,9-10,15-22H2,1H3,(H,50,52)(H,51,53)/t36-,37-,40+,41+/m0/s1. The highest BCUT2D eigenvalue weighted by atomic mass is 19.1. The summed E-state index contributed by atoms with van der Waals surface area (Å²) < 4.78 is 33.2. The molecule has 0 bridgehead atoms. The van der Waals surface area contributed by atoms with E-state index in [4.69, 9.17) is 9.97 Å². The van der Waals surface area contributed by atoms with Gasteiger partial charge in [0.25, 0.3) is 0 Å². The molecule has 4 N–H and O–H groups in total. The van der Waals surface area contributed by atoms with E-state index in [1.54, 1.807) is 11.8 Å². The van der Waals surface area contributed by atoms with E-state index < -0.39 is 17.0 Å². The number of nitrogens with zero attached hydrogens (tertiary/aromatic N) is 4. The maximum atomic E-state index is 16.6. The van der Waals surface area contributed by atoms with Crippen LogP contribution >= 0.6 is 0 Å². The lowest BCUT2D eigenvalue weighted by molar-refractivity contribution is -0.123. The molecule has 0 spiro atoms. The van der Waals surface area contributed by atoms with E-state index in [0.717, 1.165) is 102 Å². The SMILES string of the molecule is CC(=O)C1(c2ccccc2)CCN(c2c(F)cc(N3[C@@H](c4ccc5nc([C@@H]6CCCN6)[nH]c5c4)CC[C@@H]3c3ccc4nc([C@@H]5CCCN5)[nH]c4c3)cc2F)CC1. The number of fused-ring (bicyclic) bond motifs is 2. The zero-order valence-electron chi connectivity index (χ0n) is 31.8. The monoisotopic (exact) mass is 754 g/mol. The first-order valence-electron chi connectivity index (χ1n) is 20.4. The molecule has 4 atom stereocenters. The molecular weight excluding hydrogens is 707 g/mol. The van der Waals surface area contributed by atoms with Crippen molar-refractivity contribution in [2.45, 2.75) is 87.9 Å². The van der Waals surface area contributed by atoms with Gasteiger partial charge < -0.3 is 30.4 Å². The van der Waals surface area contributed by atoms with Crippen molar-refractivity contribution in [3.8, 4) is 0 Å². The minimum absolute atomic E-state index is 0.0230. The van der Waals surface area contributed by atoms with Gasteiger partial charge in [0, 0.05) is 18.8 Å². The summed E-state index contributed by atoms with van der Waals surface area (Å²) in [6.45, 7) is 4.37. The Balaban J connectivity index is 0.999. The van der Waals surface area contributed by atoms with Crippen LogP contribution in [0.15, 0.2) is 78.9 Å². The molecule has 0 unspecified atom stereocenters. The fraction of sp³-hybridized carbons (Fsp3) is 0.400. The molecule has 4 aromatic carbocycles. The maximum absolute atomic E-state index is 16.6. The van der Waals surface area contributed by atoms with E-state index in [9.17, 15) is 4.79 Å². The second-order valence-electron chi connectivity index (χ2n) is 16.4. The fourth-order valence-electron chi connectivity index (χ4n) is 10.2. The summed E-state index contributed by atoms with van der Waals surface area (Å²) in [5, 5.41) is 7.08. The second-order valence-corrected chi connectivity index (χ2v) is 16.4. The number of H-pyrrole nitrogens is 2. The van der Waals surface area contributed by atoms with Crippen molar-refractivity contribution in [2.75, 3.05) is 36.0 Å². The molecule has 9 nitrogen and oxygen atoms in total. The maximum Gasteiger partial charge on any atom is 0.151 e. The minimum Gasteiger partial charge on any atom is -0.367 e. The van der Waals surface area contributed by atoms with Gasteiger partial charge in [0.05, 0.1) is 51.6 Å². The number of benzene rings is 4. The second kappa shape index (κ2) is 14.1. The molecule has 4 aliphatic rings. The average Bonchev–Trinajstić information content (AvgIpc) is 4.06. The highest BCUT2D eigenvalue weighted by molar-refractivity contribution is 5.88. The van der Waals surface area contributed by atoms with Crippen LogP contribution in [-0.4, -0.2) is 51.9 Å². The highest BCUT2D eigenvalue weighted by Crippen LogP contribution is 2.49. The first kappa shape index (κ1) is 35.3. The van der Waals surface area contributed by atoms with Crippen LogP contribution in [0.1, 0.15) is 111 Å². The van der Waals surface area contributed by atoms with Crippen LogP contribution in [0.2, 0.25) is 0 Å². The molecule has 4 saturated heterocycles. The van der Waals surface area contributed by atoms with E-state index >= 15 is 8.78 Å².